The van der Waals surface area contributed by atoms with Gasteiger partial charge < -0.3 is 14.2 Å². The van der Waals surface area contributed by atoms with Crippen LogP contribution in [0.2, 0.25) is 0 Å². The van der Waals surface area contributed by atoms with Crippen molar-refractivity contribution in [3.05, 3.63) is 122 Å². The van der Waals surface area contributed by atoms with Gasteiger partial charge in [0.15, 0.2) is 6.10 Å². The number of rotatable bonds is 63. The third-order valence-corrected chi connectivity index (χ3v) is 14.9. The first kappa shape index (κ1) is 78.8. The van der Waals surface area contributed by atoms with E-state index in [2.05, 4.69) is 142 Å². The van der Waals surface area contributed by atoms with E-state index in [1.165, 1.54) is 180 Å². The van der Waals surface area contributed by atoms with Gasteiger partial charge in [0.25, 0.3) is 0 Å². The number of allylic oxidation sites excluding steroid dienone is 20. The fourth-order valence-corrected chi connectivity index (χ4v) is 9.68. The first-order chi connectivity index (χ1) is 41.0. The molecule has 6 nitrogen and oxygen atoms in total. The fourth-order valence-electron chi connectivity index (χ4n) is 9.68. The molecular weight excluding hydrogens is 1020 g/mol. The number of hydrogen-bond acceptors (Lipinski definition) is 6. The second-order valence-corrected chi connectivity index (χ2v) is 23.1. The van der Waals surface area contributed by atoms with Crippen LogP contribution >= 0.6 is 0 Å². The number of carbonyl (C=O) groups excluding carboxylic acids is 3. The van der Waals surface area contributed by atoms with Gasteiger partial charge in [0, 0.05) is 19.3 Å². The van der Waals surface area contributed by atoms with Crippen LogP contribution in [-0.2, 0) is 28.6 Å². The summed E-state index contributed by atoms with van der Waals surface area (Å²) in [7, 11) is 0. The lowest BCUT2D eigenvalue weighted by Gasteiger charge is -2.18. The van der Waals surface area contributed by atoms with Crippen LogP contribution in [0.3, 0.4) is 0 Å². The van der Waals surface area contributed by atoms with Crippen LogP contribution in [0.1, 0.15) is 329 Å². The van der Waals surface area contributed by atoms with Crippen molar-refractivity contribution in [3.63, 3.8) is 0 Å². The molecule has 0 spiro atoms. The van der Waals surface area contributed by atoms with Crippen molar-refractivity contribution < 1.29 is 28.6 Å². The van der Waals surface area contributed by atoms with Crippen molar-refractivity contribution in [2.75, 3.05) is 13.2 Å². The molecule has 474 valence electrons. The van der Waals surface area contributed by atoms with Gasteiger partial charge in [0.2, 0.25) is 0 Å². The Kier molecular flexibility index (Phi) is 66.7. The zero-order valence-corrected chi connectivity index (χ0v) is 54.4. The second kappa shape index (κ2) is 70.3. The van der Waals surface area contributed by atoms with E-state index in [9.17, 15) is 14.4 Å². The highest BCUT2D eigenvalue weighted by Gasteiger charge is 2.19. The standard InChI is InChI=1S/C77H130O6/c1-4-7-10-13-16-19-22-25-28-31-34-36-37-38-39-41-43-46-49-52-55-58-61-64-67-70-76(79)82-73-74(72-81-75(78)69-66-63-60-57-54-51-48-45-42-33-30-27-24-21-18-15-12-9-6-3)83-77(80)71-68-65-62-59-56-53-50-47-44-40-35-32-29-26-23-20-17-14-11-8-5-2/h8,11,17,20,22,25-27,29-31,34-35,37-38,40,47,50,56,59,74H,4-7,9-10,12-16,18-19,21,23-24,28,32-33,36,39,41-46,48-49,51-55,57-58,60-73H2,1-3H3/b11-8-,20-17-,25-22-,29-26-,30-27-,34-31-,38-37-,40-35-,50-47-,59-56-. The Morgan fingerprint density at radius 1 is 0.253 bits per heavy atom. The van der Waals surface area contributed by atoms with Gasteiger partial charge in [-0.1, -0.05) is 296 Å². The van der Waals surface area contributed by atoms with Crippen molar-refractivity contribution in [3.8, 4) is 0 Å². The Balaban J connectivity index is 4.46. The minimum atomic E-state index is -0.809. The summed E-state index contributed by atoms with van der Waals surface area (Å²) < 4.78 is 17.0. The highest BCUT2D eigenvalue weighted by Crippen LogP contribution is 2.16. The maximum absolute atomic E-state index is 12.9. The van der Waals surface area contributed by atoms with E-state index >= 15 is 0 Å². The average Bonchev–Trinajstić information content (AvgIpc) is 3.50. The molecule has 6 heteroatoms. The molecule has 0 aliphatic heterocycles. The Morgan fingerprint density at radius 2 is 0.470 bits per heavy atom. The minimum Gasteiger partial charge on any atom is -0.462 e. The number of esters is 3. The predicted octanol–water partition coefficient (Wildman–Crippen LogP) is 24.3. The topological polar surface area (TPSA) is 78.9 Å². The lowest BCUT2D eigenvalue weighted by Crippen LogP contribution is -2.30. The molecule has 0 rings (SSSR count). The van der Waals surface area contributed by atoms with E-state index < -0.39 is 6.10 Å². The third-order valence-electron chi connectivity index (χ3n) is 14.9. The van der Waals surface area contributed by atoms with Crippen LogP contribution < -0.4 is 0 Å². The molecule has 0 aromatic carbocycles. The number of ether oxygens (including phenoxy) is 3. The number of unbranched alkanes of at least 4 members (excludes halogenated alkanes) is 32. The summed E-state index contributed by atoms with van der Waals surface area (Å²) in [5.41, 5.74) is 0. The summed E-state index contributed by atoms with van der Waals surface area (Å²) >= 11 is 0. The van der Waals surface area contributed by atoms with E-state index in [4.69, 9.17) is 14.2 Å². The summed E-state index contributed by atoms with van der Waals surface area (Å²) in [5.74, 6) is -0.939. The van der Waals surface area contributed by atoms with Gasteiger partial charge in [-0.25, -0.2) is 0 Å². The molecule has 0 N–H and O–H groups in total. The van der Waals surface area contributed by atoms with Crippen molar-refractivity contribution in [1.29, 1.82) is 0 Å². The molecule has 0 radical (unpaired) electrons. The van der Waals surface area contributed by atoms with Gasteiger partial charge in [-0.3, -0.25) is 14.4 Å². The van der Waals surface area contributed by atoms with E-state index in [0.717, 1.165) is 103 Å². The maximum atomic E-state index is 12.9. The highest BCUT2D eigenvalue weighted by atomic mass is 16.6. The van der Waals surface area contributed by atoms with E-state index in [1.807, 2.05) is 0 Å². The van der Waals surface area contributed by atoms with Crippen molar-refractivity contribution >= 4 is 17.9 Å². The van der Waals surface area contributed by atoms with Crippen molar-refractivity contribution in [2.24, 2.45) is 0 Å². The molecule has 1 unspecified atom stereocenters. The molecule has 0 heterocycles. The smallest absolute Gasteiger partial charge is 0.306 e. The molecule has 83 heavy (non-hydrogen) atoms. The van der Waals surface area contributed by atoms with Gasteiger partial charge in [-0.2, -0.15) is 0 Å². The van der Waals surface area contributed by atoms with Crippen LogP contribution in [0.15, 0.2) is 122 Å². The van der Waals surface area contributed by atoms with Gasteiger partial charge in [-0.05, 0) is 135 Å². The average molecular weight is 1150 g/mol. The molecular formula is C77H130O6. The molecule has 0 aromatic rings. The summed E-state index contributed by atoms with van der Waals surface area (Å²) in [6.45, 7) is 6.50. The Labute approximate surface area is 513 Å². The molecule has 1 atom stereocenters. The van der Waals surface area contributed by atoms with E-state index in [-0.39, 0.29) is 37.5 Å². The summed E-state index contributed by atoms with van der Waals surface area (Å²) in [6.07, 6.45) is 97.8. The van der Waals surface area contributed by atoms with Crippen molar-refractivity contribution in [2.45, 2.75) is 335 Å². The van der Waals surface area contributed by atoms with Crippen molar-refractivity contribution in [1.82, 2.24) is 0 Å². The molecule has 0 amide bonds. The third kappa shape index (κ3) is 68.5. The van der Waals surface area contributed by atoms with Gasteiger partial charge in [-0.15, -0.1) is 0 Å². The monoisotopic (exact) mass is 1150 g/mol. The molecule has 0 fully saturated rings. The van der Waals surface area contributed by atoms with Crippen LogP contribution in [0, 0.1) is 0 Å². The Bertz CT molecular complexity index is 1700. The molecule has 0 aromatic heterocycles. The molecule has 0 bridgehead atoms. The molecule has 0 saturated carbocycles. The molecule has 0 aliphatic rings. The van der Waals surface area contributed by atoms with Crippen LogP contribution in [0.5, 0.6) is 0 Å². The number of carbonyl (C=O) groups is 3. The largest absolute Gasteiger partial charge is 0.462 e. The van der Waals surface area contributed by atoms with Crippen LogP contribution in [-0.4, -0.2) is 37.2 Å². The fraction of sp³-hybridized carbons (Fsp3) is 0.701. The zero-order chi connectivity index (χ0) is 59.9. The summed E-state index contributed by atoms with van der Waals surface area (Å²) in [4.78, 5) is 38.5. The van der Waals surface area contributed by atoms with Gasteiger partial charge >= 0.3 is 17.9 Å². The molecule has 0 aliphatic carbocycles. The highest BCUT2D eigenvalue weighted by molar-refractivity contribution is 5.71. The molecule has 0 saturated heterocycles. The zero-order valence-electron chi connectivity index (χ0n) is 54.4. The Hall–Kier alpha value is -4.19. The first-order valence-electron chi connectivity index (χ1n) is 35.0. The van der Waals surface area contributed by atoms with E-state index in [0.29, 0.717) is 19.3 Å². The van der Waals surface area contributed by atoms with Gasteiger partial charge in [0.1, 0.15) is 13.2 Å². The van der Waals surface area contributed by atoms with E-state index in [1.54, 1.807) is 0 Å². The lowest BCUT2D eigenvalue weighted by molar-refractivity contribution is -0.167. The van der Waals surface area contributed by atoms with Gasteiger partial charge in [0.05, 0.1) is 0 Å². The minimum absolute atomic E-state index is 0.0992. The maximum Gasteiger partial charge on any atom is 0.306 e. The lowest BCUT2D eigenvalue weighted by atomic mass is 10.1. The summed E-state index contributed by atoms with van der Waals surface area (Å²) in [5, 5.41) is 0. The second-order valence-electron chi connectivity index (χ2n) is 23.1. The van der Waals surface area contributed by atoms with Crippen LogP contribution in [0.4, 0.5) is 0 Å². The number of hydrogen-bond donors (Lipinski definition) is 0. The normalized spacial score (nSPS) is 12.9. The quantitative estimate of drug-likeness (QED) is 0.0261. The van der Waals surface area contributed by atoms with Crippen LogP contribution in [0.25, 0.3) is 0 Å². The summed E-state index contributed by atoms with van der Waals surface area (Å²) in [6, 6.07) is 0. The Morgan fingerprint density at radius 3 is 0.771 bits per heavy atom. The predicted molar refractivity (Wildman–Crippen MR) is 362 cm³/mol. The SMILES string of the molecule is CC/C=C\C/C=C\C/C=C\C/C=C\C/C=C\C/C=C\CCCCC(=O)OC(COC(=O)CCCCCCCCCCC/C=C\CCCCCCCC)COC(=O)CCCCCCCCCCCC/C=C\C/C=C\C/C=C\CCCCCCC. The first-order valence-corrected chi connectivity index (χ1v) is 35.0.